The highest BCUT2D eigenvalue weighted by Crippen LogP contribution is 2.35. The molecule has 22 heavy (non-hydrogen) atoms. The van der Waals surface area contributed by atoms with Crippen molar-refractivity contribution in [3.05, 3.63) is 35.4 Å². The molecule has 0 bridgehead atoms. The molecule has 1 amide bonds. The second-order valence-electron chi connectivity index (χ2n) is 7.04. The molecular weight excluding hydrogens is 276 g/mol. The highest BCUT2D eigenvalue weighted by Gasteiger charge is 2.36. The maximum Gasteiger partial charge on any atom is 0.237 e. The lowest BCUT2D eigenvalue weighted by atomic mass is 9.73. The van der Waals surface area contributed by atoms with Gasteiger partial charge in [0.15, 0.2) is 0 Å². The third kappa shape index (κ3) is 3.18. The predicted molar refractivity (Wildman–Crippen MR) is 86.4 cm³/mol. The number of aliphatic hydroxyl groups is 1. The summed E-state index contributed by atoms with van der Waals surface area (Å²) in [7, 11) is 0. The minimum Gasteiger partial charge on any atom is -0.392 e. The van der Waals surface area contributed by atoms with Crippen LogP contribution in [0.4, 0.5) is 0 Å². The predicted octanol–water partition coefficient (Wildman–Crippen LogP) is 1.76. The minimum absolute atomic E-state index is 0.0495. The molecule has 0 radical (unpaired) electrons. The van der Waals surface area contributed by atoms with Crippen molar-refractivity contribution in [2.75, 3.05) is 6.54 Å². The van der Waals surface area contributed by atoms with Crippen LogP contribution in [0, 0.1) is 5.41 Å². The molecule has 0 unspecified atom stereocenters. The zero-order valence-electron chi connectivity index (χ0n) is 13.3. The lowest BCUT2D eigenvalue weighted by Gasteiger charge is -2.39. The van der Waals surface area contributed by atoms with E-state index in [1.165, 1.54) is 11.1 Å². The van der Waals surface area contributed by atoms with Crippen molar-refractivity contribution in [1.29, 1.82) is 0 Å². The van der Waals surface area contributed by atoms with Crippen molar-refractivity contribution >= 4 is 5.91 Å². The summed E-state index contributed by atoms with van der Waals surface area (Å²) in [5.74, 6) is 0.0495. The summed E-state index contributed by atoms with van der Waals surface area (Å²) in [5.41, 5.74) is 2.35. The number of carbonyl (C=O) groups excluding carboxylic acids is 1. The molecule has 1 aliphatic carbocycles. The quantitative estimate of drug-likeness (QED) is 0.797. The van der Waals surface area contributed by atoms with E-state index >= 15 is 0 Å². The van der Waals surface area contributed by atoms with Crippen molar-refractivity contribution in [3.63, 3.8) is 0 Å². The number of amides is 1. The van der Waals surface area contributed by atoms with Crippen LogP contribution >= 0.6 is 0 Å². The molecule has 1 aliphatic heterocycles. The Hall–Kier alpha value is -1.39. The van der Waals surface area contributed by atoms with Crippen LogP contribution in [0.25, 0.3) is 0 Å². The van der Waals surface area contributed by atoms with Gasteiger partial charge in [-0.3, -0.25) is 4.79 Å². The maximum atomic E-state index is 12.4. The average molecular weight is 302 g/mol. The van der Waals surface area contributed by atoms with Gasteiger partial charge in [-0.15, -0.1) is 0 Å². The summed E-state index contributed by atoms with van der Waals surface area (Å²) in [5, 5.41) is 16.6. The van der Waals surface area contributed by atoms with Crippen LogP contribution in [0.3, 0.4) is 0 Å². The average Bonchev–Trinajstić information content (AvgIpc) is 2.55. The number of rotatable bonds is 3. The Kier molecular flexibility index (Phi) is 4.50. The van der Waals surface area contributed by atoms with Gasteiger partial charge in [-0.1, -0.05) is 44.0 Å². The standard InChI is InChI=1S/C18H26N2O2/c1-18(9-5-4-8-16(18)21)12-20-17(22)15-10-13-6-2-3-7-14(13)11-19-15/h2-3,6-7,15-16,19,21H,4-5,8-12H2,1H3,(H,20,22)/t15-,16-,18+/m0/s1. The lowest BCUT2D eigenvalue weighted by Crippen LogP contribution is -2.52. The van der Waals surface area contributed by atoms with Crippen molar-refractivity contribution in [2.24, 2.45) is 5.41 Å². The van der Waals surface area contributed by atoms with Crippen LogP contribution in [-0.2, 0) is 17.8 Å². The van der Waals surface area contributed by atoms with Crippen molar-refractivity contribution in [1.82, 2.24) is 10.6 Å². The number of fused-ring (bicyclic) bond motifs is 1. The van der Waals surface area contributed by atoms with Crippen LogP contribution in [-0.4, -0.2) is 29.7 Å². The van der Waals surface area contributed by atoms with Gasteiger partial charge in [0, 0.05) is 18.5 Å². The summed E-state index contributed by atoms with van der Waals surface area (Å²) in [6, 6.07) is 8.10. The third-order valence-electron chi connectivity index (χ3n) is 5.34. The first kappa shape index (κ1) is 15.5. The second kappa shape index (κ2) is 6.39. The monoisotopic (exact) mass is 302 g/mol. The molecule has 0 aromatic heterocycles. The Morgan fingerprint density at radius 1 is 1.36 bits per heavy atom. The molecule has 4 heteroatoms. The molecule has 3 N–H and O–H groups in total. The van der Waals surface area contributed by atoms with E-state index in [1.807, 2.05) is 12.1 Å². The van der Waals surface area contributed by atoms with E-state index in [0.29, 0.717) is 6.54 Å². The van der Waals surface area contributed by atoms with Crippen LogP contribution in [0.1, 0.15) is 43.7 Å². The van der Waals surface area contributed by atoms with Crippen molar-refractivity contribution in [2.45, 2.75) is 57.7 Å². The molecule has 1 fully saturated rings. The molecule has 4 nitrogen and oxygen atoms in total. The molecule has 1 aromatic rings. The number of benzene rings is 1. The Morgan fingerprint density at radius 2 is 2.14 bits per heavy atom. The van der Waals surface area contributed by atoms with Gasteiger partial charge >= 0.3 is 0 Å². The largest absolute Gasteiger partial charge is 0.392 e. The van der Waals surface area contributed by atoms with E-state index in [9.17, 15) is 9.90 Å². The molecule has 2 aliphatic rings. The van der Waals surface area contributed by atoms with Gasteiger partial charge < -0.3 is 15.7 Å². The summed E-state index contributed by atoms with van der Waals surface area (Å²) in [4.78, 5) is 12.4. The molecule has 0 spiro atoms. The molecular formula is C18H26N2O2. The highest BCUT2D eigenvalue weighted by molar-refractivity contribution is 5.82. The Bertz CT molecular complexity index is 546. The lowest BCUT2D eigenvalue weighted by molar-refractivity contribution is -0.124. The summed E-state index contributed by atoms with van der Waals surface area (Å²) >= 11 is 0. The highest BCUT2D eigenvalue weighted by atomic mass is 16.3. The topological polar surface area (TPSA) is 61.4 Å². The zero-order valence-corrected chi connectivity index (χ0v) is 13.3. The van der Waals surface area contributed by atoms with Gasteiger partial charge in [-0.25, -0.2) is 0 Å². The number of hydrogen-bond acceptors (Lipinski definition) is 3. The maximum absolute atomic E-state index is 12.4. The summed E-state index contributed by atoms with van der Waals surface area (Å²) in [6.07, 6.45) is 4.49. The van der Waals surface area contributed by atoms with E-state index in [2.05, 4.69) is 29.7 Å². The first-order valence-electron chi connectivity index (χ1n) is 8.34. The Labute approximate surface area is 132 Å². The molecule has 0 saturated heterocycles. The van der Waals surface area contributed by atoms with E-state index < -0.39 is 0 Å². The van der Waals surface area contributed by atoms with Crippen LogP contribution in [0.15, 0.2) is 24.3 Å². The number of carbonyl (C=O) groups is 1. The van der Waals surface area contributed by atoms with Gasteiger partial charge in [0.05, 0.1) is 12.1 Å². The number of nitrogens with one attached hydrogen (secondary N) is 2. The normalized spacial score (nSPS) is 31.4. The fourth-order valence-corrected chi connectivity index (χ4v) is 3.64. The molecule has 3 rings (SSSR count). The second-order valence-corrected chi connectivity index (χ2v) is 7.04. The first-order valence-corrected chi connectivity index (χ1v) is 8.34. The van der Waals surface area contributed by atoms with E-state index in [0.717, 1.165) is 38.6 Å². The SMILES string of the molecule is C[C@]1(CNC(=O)[C@@H]2Cc3ccccc3CN2)CCCC[C@@H]1O. The molecule has 1 heterocycles. The van der Waals surface area contributed by atoms with E-state index in [1.54, 1.807) is 0 Å². The molecule has 1 saturated carbocycles. The van der Waals surface area contributed by atoms with Crippen molar-refractivity contribution in [3.8, 4) is 0 Å². The van der Waals surface area contributed by atoms with Gasteiger partial charge in [0.2, 0.25) is 5.91 Å². The fourth-order valence-electron chi connectivity index (χ4n) is 3.64. The third-order valence-corrected chi connectivity index (χ3v) is 5.34. The van der Waals surface area contributed by atoms with Gasteiger partial charge in [-0.2, -0.15) is 0 Å². The fraction of sp³-hybridized carbons (Fsp3) is 0.611. The Balaban J connectivity index is 1.57. The number of hydrogen-bond donors (Lipinski definition) is 3. The summed E-state index contributed by atoms with van der Waals surface area (Å²) in [6.45, 7) is 3.39. The van der Waals surface area contributed by atoms with E-state index in [-0.39, 0.29) is 23.5 Å². The first-order chi connectivity index (χ1) is 10.6. The zero-order chi connectivity index (χ0) is 15.6. The van der Waals surface area contributed by atoms with Crippen LogP contribution in [0.2, 0.25) is 0 Å². The smallest absolute Gasteiger partial charge is 0.237 e. The van der Waals surface area contributed by atoms with Crippen LogP contribution in [0.5, 0.6) is 0 Å². The van der Waals surface area contributed by atoms with E-state index in [4.69, 9.17) is 0 Å². The molecule has 120 valence electrons. The molecule has 1 aromatic carbocycles. The van der Waals surface area contributed by atoms with Gasteiger partial charge in [0.25, 0.3) is 0 Å². The van der Waals surface area contributed by atoms with Gasteiger partial charge in [-0.05, 0) is 30.4 Å². The minimum atomic E-state index is -0.304. The Morgan fingerprint density at radius 3 is 2.91 bits per heavy atom. The van der Waals surface area contributed by atoms with Crippen molar-refractivity contribution < 1.29 is 9.90 Å². The molecule has 3 atom stereocenters. The van der Waals surface area contributed by atoms with Crippen LogP contribution < -0.4 is 10.6 Å². The number of aliphatic hydroxyl groups excluding tert-OH is 1. The van der Waals surface area contributed by atoms with Gasteiger partial charge in [0.1, 0.15) is 0 Å². The summed E-state index contributed by atoms with van der Waals surface area (Å²) < 4.78 is 0.